The van der Waals surface area contributed by atoms with Gasteiger partial charge in [0.15, 0.2) is 18.5 Å². The van der Waals surface area contributed by atoms with Crippen LogP contribution in [-0.4, -0.2) is 48.1 Å². The van der Waals surface area contributed by atoms with E-state index in [0.717, 1.165) is 43.4 Å². The molecule has 46 heavy (non-hydrogen) atoms. The number of ether oxygens (including phenoxy) is 4. The van der Waals surface area contributed by atoms with Gasteiger partial charge in [-0.15, -0.1) is 0 Å². The number of carboxylic acid groups (broad SMARTS) is 1. The van der Waals surface area contributed by atoms with Gasteiger partial charge in [0.25, 0.3) is 0 Å². The second-order valence-corrected chi connectivity index (χ2v) is 14.8. The predicted molar refractivity (Wildman–Crippen MR) is 173 cm³/mol. The van der Waals surface area contributed by atoms with Crippen LogP contribution in [0.1, 0.15) is 105 Å². The maximum Gasteiger partial charge on any atom is 0.316 e. The predicted octanol–water partition coefficient (Wildman–Crippen LogP) is 7.14. The average Bonchev–Trinajstić information content (AvgIpc) is 3.36. The van der Waals surface area contributed by atoms with E-state index in [9.17, 15) is 14.4 Å². The summed E-state index contributed by atoms with van der Waals surface area (Å²) >= 11 is 0. The van der Waals surface area contributed by atoms with Crippen molar-refractivity contribution in [1.82, 2.24) is 0 Å². The van der Waals surface area contributed by atoms with Gasteiger partial charge in [-0.2, -0.15) is 0 Å². The topological polar surface area (TPSA) is 108 Å². The zero-order valence-electron chi connectivity index (χ0n) is 28.2. The van der Waals surface area contributed by atoms with E-state index in [-0.39, 0.29) is 11.8 Å². The fourth-order valence-electron chi connectivity index (χ4n) is 9.81. The van der Waals surface area contributed by atoms with Crippen LogP contribution < -0.4 is 0 Å². The van der Waals surface area contributed by atoms with Crippen LogP contribution in [-0.2, 0) is 33.3 Å². The SMILES string of the molecule is CC(=O)OC#C[C@H]1OC(OCC2CC[C@@]3(C)C(=CCC4C5CCC(/C(C)=C/CCCC(=O)O)[C@@]5(C)CCC43)C2)C=CC1OC(C)=O. The minimum atomic E-state index is -0.797. The van der Waals surface area contributed by atoms with E-state index in [1.807, 2.05) is 0 Å². The molecule has 0 aromatic carbocycles. The van der Waals surface area contributed by atoms with Crippen LogP contribution >= 0.6 is 0 Å². The van der Waals surface area contributed by atoms with Gasteiger partial charge in [0, 0.05) is 20.3 Å². The molecule has 3 fully saturated rings. The molecule has 3 saturated carbocycles. The Balaban J connectivity index is 1.19. The van der Waals surface area contributed by atoms with Crippen molar-refractivity contribution in [3.63, 3.8) is 0 Å². The molecule has 1 N–H and O–H groups in total. The Morgan fingerprint density at radius 2 is 1.85 bits per heavy atom. The van der Waals surface area contributed by atoms with Crippen molar-refractivity contribution >= 4 is 17.9 Å². The normalized spacial score (nSPS) is 38.3. The number of rotatable bonds is 9. The summed E-state index contributed by atoms with van der Waals surface area (Å²) in [6, 6.07) is 0. The van der Waals surface area contributed by atoms with Gasteiger partial charge in [0.2, 0.25) is 0 Å². The van der Waals surface area contributed by atoms with E-state index in [0.29, 0.717) is 23.9 Å². The number of hydrogen-bond acceptors (Lipinski definition) is 7. The Morgan fingerprint density at radius 3 is 2.59 bits per heavy atom. The van der Waals surface area contributed by atoms with Crippen LogP contribution in [0.4, 0.5) is 0 Å². The molecule has 0 spiro atoms. The van der Waals surface area contributed by atoms with Crippen LogP contribution in [0.15, 0.2) is 35.5 Å². The first-order valence-electron chi connectivity index (χ1n) is 17.3. The molecule has 7 unspecified atom stereocenters. The minimum Gasteiger partial charge on any atom is -0.481 e. The Hall–Kier alpha value is -2.89. The number of carboxylic acids is 1. The van der Waals surface area contributed by atoms with Crippen LogP contribution in [0.3, 0.4) is 0 Å². The van der Waals surface area contributed by atoms with E-state index in [1.165, 1.54) is 57.9 Å². The van der Waals surface area contributed by atoms with E-state index in [4.69, 9.17) is 24.1 Å². The first-order chi connectivity index (χ1) is 21.9. The van der Waals surface area contributed by atoms with Gasteiger partial charge in [0.1, 0.15) is 6.11 Å². The molecular formula is C38H52O8. The molecule has 0 aromatic rings. The van der Waals surface area contributed by atoms with Gasteiger partial charge >= 0.3 is 17.9 Å². The molecule has 1 heterocycles. The van der Waals surface area contributed by atoms with Gasteiger partial charge in [-0.05, 0) is 130 Å². The summed E-state index contributed by atoms with van der Waals surface area (Å²) in [5.74, 6) is 4.29. The summed E-state index contributed by atoms with van der Waals surface area (Å²) < 4.78 is 22.3. The van der Waals surface area contributed by atoms with Crippen LogP contribution in [0, 0.1) is 52.4 Å². The third-order valence-corrected chi connectivity index (χ3v) is 12.0. The molecule has 8 nitrogen and oxygen atoms in total. The van der Waals surface area contributed by atoms with Crippen molar-refractivity contribution in [3.05, 3.63) is 35.5 Å². The molecule has 0 radical (unpaired) electrons. The molecule has 0 bridgehead atoms. The number of aliphatic carboxylic acids is 1. The van der Waals surface area contributed by atoms with Gasteiger partial charge in [-0.3, -0.25) is 14.4 Å². The maximum absolute atomic E-state index is 11.6. The molecule has 0 aromatic heterocycles. The van der Waals surface area contributed by atoms with E-state index >= 15 is 0 Å². The number of fused-ring (bicyclic) bond motifs is 5. The lowest BCUT2D eigenvalue weighted by atomic mass is 9.47. The van der Waals surface area contributed by atoms with E-state index < -0.39 is 36.4 Å². The Kier molecular flexibility index (Phi) is 10.8. The first kappa shape index (κ1) is 34.4. The highest BCUT2D eigenvalue weighted by Crippen LogP contribution is 2.67. The molecule has 0 saturated heterocycles. The fraction of sp³-hybridized carbons (Fsp3) is 0.711. The number of allylic oxidation sites excluding steroid dienone is 4. The zero-order chi connectivity index (χ0) is 33.1. The van der Waals surface area contributed by atoms with Crippen molar-refractivity contribution in [1.29, 1.82) is 0 Å². The maximum atomic E-state index is 11.6. The summed E-state index contributed by atoms with van der Waals surface area (Å²) in [7, 11) is 0. The second kappa shape index (κ2) is 14.5. The summed E-state index contributed by atoms with van der Waals surface area (Å²) in [6.07, 6.45) is 20.1. The fourth-order valence-corrected chi connectivity index (χ4v) is 9.81. The molecule has 5 aliphatic rings. The summed E-state index contributed by atoms with van der Waals surface area (Å²) in [5, 5.41) is 9.00. The Labute approximate surface area is 274 Å². The summed E-state index contributed by atoms with van der Waals surface area (Å²) in [4.78, 5) is 33.6. The molecule has 10 atom stereocenters. The largest absolute Gasteiger partial charge is 0.481 e. The number of unbranched alkanes of at least 4 members (excludes halogenated alkanes) is 1. The van der Waals surface area contributed by atoms with Crippen molar-refractivity contribution in [3.8, 4) is 12.0 Å². The second-order valence-electron chi connectivity index (χ2n) is 14.8. The monoisotopic (exact) mass is 636 g/mol. The van der Waals surface area contributed by atoms with E-state index in [2.05, 4.69) is 45.0 Å². The molecule has 5 rings (SSSR count). The van der Waals surface area contributed by atoms with E-state index in [1.54, 1.807) is 17.7 Å². The highest BCUT2D eigenvalue weighted by molar-refractivity contribution is 5.67. The smallest absolute Gasteiger partial charge is 0.316 e. The molecule has 8 heteroatoms. The van der Waals surface area contributed by atoms with Crippen molar-refractivity contribution in [2.45, 2.75) is 124 Å². The third kappa shape index (κ3) is 7.47. The number of hydrogen-bond donors (Lipinski definition) is 1. The molecule has 1 aliphatic heterocycles. The first-order valence-corrected chi connectivity index (χ1v) is 17.3. The highest BCUT2D eigenvalue weighted by atomic mass is 16.7. The highest BCUT2D eigenvalue weighted by Gasteiger charge is 2.58. The third-order valence-electron chi connectivity index (χ3n) is 12.0. The lowest BCUT2D eigenvalue weighted by Crippen LogP contribution is -2.50. The quantitative estimate of drug-likeness (QED) is 0.123. The standard InChI is InChI=1S/C38H52O8/c1-24(8-6-7-9-35(41)42)30-12-13-31-29-11-10-28-22-27(16-19-37(28,4)32(29)17-20-38(30,31)5)23-44-36-15-14-33(45-26(3)40)34(46-36)18-21-43-25(2)39/h8,10,14-15,27,29-34,36H,6-7,9,11-13,16-17,19-20,22-23H2,1-5H3,(H,41,42)/b24-8+/t27?,29?,30?,31?,32?,33?,34-,36?,37+,38-/m1/s1. The molecular weight excluding hydrogens is 584 g/mol. The molecule has 0 amide bonds. The zero-order valence-corrected chi connectivity index (χ0v) is 28.2. The summed E-state index contributed by atoms with van der Waals surface area (Å²) in [5.41, 5.74) is 3.68. The lowest BCUT2D eigenvalue weighted by molar-refractivity contribution is -0.177. The minimum absolute atomic E-state index is 0.246. The van der Waals surface area contributed by atoms with Crippen molar-refractivity contribution in [2.24, 2.45) is 40.4 Å². The van der Waals surface area contributed by atoms with Gasteiger partial charge in [-0.1, -0.05) is 37.1 Å². The molecule has 252 valence electrons. The van der Waals surface area contributed by atoms with Crippen LogP contribution in [0.25, 0.3) is 0 Å². The molecule has 4 aliphatic carbocycles. The number of esters is 2. The van der Waals surface area contributed by atoms with Crippen LogP contribution in [0.2, 0.25) is 0 Å². The Morgan fingerprint density at radius 1 is 1.04 bits per heavy atom. The van der Waals surface area contributed by atoms with Gasteiger partial charge in [-0.25, -0.2) is 0 Å². The van der Waals surface area contributed by atoms with Crippen molar-refractivity contribution in [2.75, 3.05) is 6.61 Å². The van der Waals surface area contributed by atoms with Gasteiger partial charge in [0.05, 0.1) is 6.61 Å². The Bertz CT molecular complexity index is 1320. The van der Waals surface area contributed by atoms with Crippen LogP contribution in [0.5, 0.6) is 0 Å². The van der Waals surface area contributed by atoms with Gasteiger partial charge < -0.3 is 24.1 Å². The number of carbonyl (C=O) groups excluding carboxylic acids is 2. The van der Waals surface area contributed by atoms with Crippen molar-refractivity contribution < 1.29 is 38.4 Å². The summed E-state index contributed by atoms with van der Waals surface area (Å²) in [6.45, 7) is 10.5. The average molecular weight is 637 g/mol. The number of carbonyl (C=O) groups is 3. The lowest BCUT2D eigenvalue weighted by Gasteiger charge is -2.58.